The molecule has 94 valence electrons. The first-order valence-electron chi connectivity index (χ1n) is 6.06. The minimum atomic E-state index is 0.0983. The molecule has 0 spiro atoms. The molecule has 1 unspecified atom stereocenters. The number of hydrogen-bond donors (Lipinski definition) is 1. The monoisotopic (exact) mass is 252 g/mol. The van der Waals surface area contributed by atoms with Crippen LogP contribution in [0.15, 0.2) is 17.4 Å². The van der Waals surface area contributed by atoms with E-state index in [9.17, 15) is 0 Å². The zero-order valence-electron chi connectivity index (χ0n) is 10.9. The molecule has 1 atom stereocenters. The van der Waals surface area contributed by atoms with Crippen molar-refractivity contribution in [1.29, 1.82) is 0 Å². The van der Waals surface area contributed by atoms with Crippen LogP contribution in [0.2, 0.25) is 0 Å². The van der Waals surface area contributed by atoms with Gasteiger partial charge in [0.05, 0.1) is 17.4 Å². The Hall–Kier alpha value is -0.970. The molecule has 1 N–H and O–H groups in total. The molecular formula is C12H20N4S. The van der Waals surface area contributed by atoms with Crippen molar-refractivity contribution in [2.24, 2.45) is 4.99 Å². The number of aromatic nitrogens is 2. The molecule has 1 aromatic rings. The molecule has 1 aromatic heterocycles. The van der Waals surface area contributed by atoms with Crippen LogP contribution in [0.5, 0.6) is 0 Å². The molecule has 5 heteroatoms. The Kier molecular flexibility index (Phi) is 3.47. The lowest BCUT2D eigenvalue weighted by Crippen LogP contribution is -2.20. The van der Waals surface area contributed by atoms with Crippen LogP contribution in [0.4, 0.5) is 5.69 Å². The second kappa shape index (κ2) is 4.72. The van der Waals surface area contributed by atoms with E-state index in [0.717, 1.165) is 23.0 Å². The fourth-order valence-corrected chi connectivity index (χ4v) is 2.78. The van der Waals surface area contributed by atoms with Gasteiger partial charge < -0.3 is 5.32 Å². The highest BCUT2D eigenvalue weighted by atomic mass is 32.2. The zero-order valence-corrected chi connectivity index (χ0v) is 11.7. The number of nitrogens with zero attached hydrogens (tertiary/aromatic N) is 3. The van der Waals surface area contributed by atoms with Crippen molar-refractivity contribution in [3.63, 3.8) is 0 Å². The number of aliphatic imine (C=N–C) groups is 1. The smallest absolute Gasteiger partial charge is 0.161 e. The highest BCUT2D eigenvalue weighted by molar-refractivity contribution is 8.14. The molecule has 0 aromatic carbocycles. The summed E-state index contributed by atoms with van der Waals surface area (Å²) in [5, 5.41) is 8.65. The lowest BCUT2D eigenvalue weighted by molar-refractivity contribution is 0.523. The summed E-state index contributed by atoms with van der Waals surface area (Å²) in [4.78, 5) is 4.72. The topological polar surface area (TPSA) is 42.2 Å². The van der Waals surface area contributed by atoms with Crippen molar-refractivity contribution in [1.82, 2.24) is 9.78 Å². The molecule has 2 heterocycles. The van der Waals surface area contributed by atoms with E-state index >= 15 is 0 Å². The van der Waals surface area contributed by atoms with Gasteiger partial charge in [0.2, 0.25) is 0 Å². The number of anilines is 1. The Labute approximate surface area is 107 Å². The molecular weight excluding hydrogens is 232 g/mol. The Morgan fingerprint density at radius 1 is 1.59 bits per heavy atom. The molecule has 0 amide bonds. The lowest BCUT2D eigenvalue weighted by Gasteiger charge is -2.15. The zero-order chi connectivity index (χ0) is 12.5. The van der Waals surface area contributed by atoms with E-state index in [1.54, 1.807) is 11.8 Å². The van der Waals surface area contributed by atoms with Gasteiger partial charge in [-0.2, -0.15) is 5.10 Å². The standard InChI is InChI=1S/C12H20N4S/c1-5-12(4)8-17-11(15-12)14-10-6-13-16(7-10)9(2)3/h6-7,9H,5,8H2,1-4H3,(H,14,15). The Morgan fingerprint density at radius 3 is 2.88 bits per heavy atom. The highest BCUT2D eigenvalue weighted by Crippen LogP contribution is 2.30. The Bertz CT molecular complexity index is 424. The van der Waals surface area contributed by atoms with Crippen LogP contribution in [-0.2, 0) is 0 Å². The molecule has 1 aliphatic heterocycles. The van der Waals surface area contributed by atoms with Gasteiger partial charge in [-0.25, -0.2) is 0 Å². The van der Waals surface area contributed by atoms with Crippen LogP contribution in [-0.4, -0.2) is 26.2 Å². The first-order chi connectivity index (χ1) is 8.02. The molecule has 0 aliphatic carbocycles. The predicted molar refractivity (Wildman–Crippen MR) is 74.8 cm³/mol. The van der Waals surface area contributed by atoms with Gasteiger partial charge in [0.15, 0.2) is 5.17 Å². The van der Waals surface area contributed by atoms with E-state index in [4.69, 9.17) is 4.99 Å². The maximum atomic E-state index is 4.72. The average molecular weight is 252 g/mol. The van der Waals surface area contributed by atoms with Gasteiger partial charge in [-0.3, -0.25) is 9.67 Å². The van der Waals surface area contributed by atoms with Crippen molar-refractivity contribution >= 4 is 22.6 Å². The van der Waals surface area contributed by atoms with Gasteiger partial charge in [-0.15, -0.1) is 0 Å². The van der Waals surface area contributed by atoms with Crippen molar-refractivity contribution in [2.75, 3.05) is 11.1 Å². The summed E-state index contributed by atoms with van der Waals surface area (Å²) in [6.45, 7) is 8.62. The van der Waals surface area contributed by atoms with E-state index in [2.05, 4.69) is 38.1 Å². The second-order valence-electron chi connectivity index (χ2n) is 4.98. The van der Waals surface area contributed by atoms with Crippen LogP contribution in [0.3, 0.4) is 0 Å². The van der Waals surface area contributed by atoms with E-state index in [-0.39, 0.29) is 5.54 Å². The second-order valence-corrected chi connectivity index (χ2v) is 5.95. The average Bonchev–Trinajstić information content (AvgIpc) is 2.87. The molecule has 1 aliphatic rings. The maximum Gasteiger partial charge on any atom is 0.161 e. The molecule has 0 fully saturated rings. The van der Waals surface area contributed by atoms with Crippen LogP contribution >= 0.6 is 11.8 Å². The normalized spacial score (nSPS) is 24.2. The van der Waals surface area contributed by atoms with Crippen LogP contribution < -0.4 is 5.32 Å². The third-order valence-corrected chi connectivity index (χ3v) is 4.27. The first-order valence-corrected chi connectivity index (χ1v) is 7.05. The fraction of sp³-hybridized carbons (Fsp3) is 0.667. The van der Waals surface area contributed by atoms with Gasteiger partial charge in [0.25, 0.3) is 0 Å². The van der Waals surface area contributed by atoms with Gasteiger partial charge in [-0.05, 0) is 27.2 Å². The molecule has 2 rings (SSSR count). The summed E-state index contributed by atoms with van der Waals surface area (Å²) < 4.78 is 1.95. The summed E-state index contributed by atoms with van der Waals surface area (Å²) in [6, 6.07) is 0.393. The largest absolute Gasteiger partial charge is 0.332 e. The molecule has 0 saturated heterocycles. The molecule has 0 bridgehead atoms. The summed E-state index contributed by atoms with van der Waals surface area (Å²) in [5.41, 5.74) is 1.12. The summed E-state index contributed by atoms with van der Waals surface area (Å²) in [5.74, 6) is 1.06. The van der Waals surface area contributed by atoms with Crippen molar-refractivity contribution in [3.8, 4) is 0 Å². The molecule has 4 nitrogen and oxygen atoms in total. The Morgan fingerprint density at radius 2 is 2.35 bits per heavy atom. The predicted octanol–water partition coefficient (Wildman–Crippen LogP) is 3.15. The van der Waals surface area contributed by atoms with E-state index < -0.39 is 0 Å². The van der Waals surface area contributed by atoms with Crippen molar-refractivity contribution in [3.05, 3.63) is 12.4 Å². The SMILES string of the molecule is CCC1(C)CSC(Nc2cnn(C(C)C)c2)=N1. The third-order valence-electron chi connectivity index (χ3n) is 3.03. The molecule has 0 saturated carbocycles. The summed E-state index contributed by atoms with van der Waals surface area (Å²) >= 11 is 1.79. The van der Waals surface area contributed by atoms with Crippen molar-refractivity contribution in [2.45, 2.75) is 45.7 Å². The van der Waals surface area contributed by atoms with Crippen LogP contribution in [0, 0.1) is 0 Å². The maximum absolute atomic E-state index is 4.72. The lowest BCUT2D eigenvalue weighted by atomic mass is 10.0. The Balaban J connectivity index is 2.04. The molecule has 17 heavy (non-hydrogen) atoms. The quantitative estimate of drug-likeness (QED) is 0.898. The van der Waals surface area contributed by atoms with Gasteiger partial charge >= 0.3 is 0 Å². The minimum absolute atomic E-state index is 0.0983. The van der Waals surface area contributed by atoms with Gasteiger partial charge in [-0.1, -0.05) is 18.7 Å². The summed E-state index contributed by atoms with van der Waals surface area (Å²) in [6.07, 6.45) is 4.95. The number of amidine groups is 1. The van der Waals surface area contributed by atoms with Gasteiger partial charge in [0.1, 0.15) is 0 Å². The number of rotatable bonds is 3. The first kappa shape index (κ1) is 12.5. The molecule has 0 radical (unpaired) electrons. The van der Waals surface area contributed by atoms with Crippen LogP contribution in [0.1, 0.15) is 40.2 Å². The van der Waals surface area contributed by atoms with Crippen LogP contribution in [0.25, 0.3) is 0 Å². The fourth-order valence-electron chi connectivity index (χ4n) is 1.59. The summed E-state index contributed by atoms with van der Waals surface area (Å²) in [7, 11) is 0. The number of nitrogens with one attached hydrogen (secondary N) is 1. The van der Waals surface area contributed by atoms with E-state index in [0.29, 0.717) is 6.04 Å². The van der Waals surface area contributed by atoms with Gasteiger partial charge in [0, 0.05) is 18.0 Å². The highest BCUT2D eigenvalue weighted by Gasteiger charge is 2.28. The van der Waals surface area contributed by atoms with E-state index in [1.165, 1.54) is 0 Å². The van der Waals surface area contributed by atoms with E-state index in [1.807, 2.05) is 17.1 Å². The minimum Gasteiger partial charge on any atom is -0.332 e. The third kappa shape index (κ3) is 2.83. The number of hydrogen-bond acceptors (Lipinski definition) is 4. The van der Waals surface area contributed by atoms with Crippen molar-refractivity contribution < 1.29 is 0 Å². The number of thioether (sulfide) groups is 1.